The number of likely N-dealkylation sites (N-methyl/N-ethyl adjacent to an activating group) is 1. The van der Waals surface area contributed by atoms with Crippen LogP contribution in [0.5, 0.6) is 17.2 Å². The molecule has 0 fully saturated rings. The normalized spacial score (nSPS) is 15.1. The number of aromatic nitrogens is 1. The zero-order chi connectivity index (χ0) is 25.9. The Hall–Kier alpha value is -4.35. The number of carbonyl (C=O) groups is 2. The highest BCUT2D eigenvalue weighted by Crippen LogP contribution is 2.31. The Morgan fingerprint density at radius 1 is 1.17 bits per heavy atom. The molecule has 1 atom stereocenters. The van der Waals surface area contributed by atoms with Gasteiger partial charge in [0.05, 0.1) is 5.69 Å². The quantitative estimate of drug-likeness (QED) is 0.549. The van der Waals surface area contributed by atoms with Gasteiger partial charge >= 0.3 is 0 Å². The van der Waals surface area contributed by atoms with Crippen LogP contribution < -0.4 is 19.7 Å². The molecule has 1 aromatic heterocycles. The molecule has 2 aromatic carbocycles. The van der Waals surface area contributed by atoms with E-state index < -0.39 is 17.6 Å². The van der Waals surface area contributed by atoms with Crippen LogP contribution in [0.25, 0.3) is 0 Å². The molecule has 3 aromatic rings. The molecule has 8 heteroatoms. The van der Waals surface area contributed by atoms with Gasteiger partial charge in [-0.3, -0.25) is 9.59 Å². The zero-order valence-electron chi connectivity index (χ0n) is 20.5. The smallest absolute Gasteiger partial charge is 0.270 e. The minimum Gasteiger partial charge on any atom is -0.489 e. The highest BCUT2D eigenvalue weighted by molar-refractivity contribution is 6.03. The molecule has 1 aliphatic rings. The van der Waals surface area contributed by atoms with Gasteiger partial charge in [-0.15, -0.1) is 0 Å². The number of para-hydroxylation sites is 1. The molecule has 0 spiro atoms. The van der Waals surface area contributed by atoms with E-state index >= 15 is 0 Å². The fraction of sp³-hybridized carbons (Fsp3) is 0.250. The Labute approximate surface area is 209 Å². The van der Waals surface area contributed by atoms with Gasteiger partial charge < -0.3 is 24.8 Å². The summed E-state index contributed by atoms with van der Waals surface area (Å²) in [5, 5.41) is 12.6. The third kappa shape index (κ3) is 6.01. The summed E-state index contributed by atoms with van der Waals surface area (Å²) in [7, 11) is 1.61. The number of amides is 2. The lowest BCUT2D eigenvalue weighted by molar-refractivity contribution is -0.120. The first-order valence-electron chi connectivity index (χ1n) is 11.4. The molecule has 36 heavy (non-hydrogen) atoms. The molecule has 184 valence electrons. The number of pyridine rings is 1. The molecule has 0 aliphatic carbocycles. The van der Waals surface area contributed by atoms with Gasteiger partial charge in [-0.25, -0.2) is 4.98 Å². The van der Waals surface area contributed by atoms with Crippen molar-refractivity contribution in [1.82, 2.24) is 10.3 Å². The summed E-state index contributed by atoms with van der Waals surface area (Å²) in [6.07, 6.45) is 0. The van der Waals surface area contributed by atoms with Crippen molar-refractivity contribution in [2.45, 2.75) is 32.4 Å². The Morgan fingerprint density at radius 3 is 2.64 bits per heavy atom. The number of hydrogen-bond donors (Lipinski definition) is 2. The van der Waals surface area contributed by atoms with Crippen molar-refractivity contribution < 1.29 is 24.2 Å². The van der Waals surface area contributed by atoms with Crippen molar-refractivity contribution >= 4 is 17.5 Å². The van der Waals surface area contributed by atoms with Gasteiger partial charge in [0, 0.05) is 30.4 Å². The molecular weight excluding hydrogens is 458 g/mol. The van der Waals surface area contributed by atoms with Crippen LogP contribution in [0.15, 0.2) is 60.7 Å². The number of ether oxygens (including phenoxy) is 2. The first-order chi connectivity index (χ1) is 17.1. The summed E-state index contributed by atoms with van der Waals surface area (Å²) in [6, 6.07) is 16.7. The van der Waals surface area contributed by atoms with Gasteiger partial charge in [0.2, 0.25) is 0 Å². The van der Waals surface area contributed by atoms with E-state index in [-0.39, 0.29) is 18.2 Å². The zero-order valence-corrected chi connectivity index (χ0v) is 20.5. The number of benzene rings is 2. The molecule has 0 saturated carbocycles. The van der Waals surface area contributed by atoms with Crippen molar-refractivity contribution in [2.75, 3.05) is 18.6 Å². The number of fused-ring (bicyclic) bond motifs is 1. The Bertz CT molecular complexity index is 1350. The number of aryl methyl sites for hydroxylation is 1. The van der Waals surface area contributed by atoms with Crippen molar-refractivity contribution in [1.29, 1.82) is 0 Å². The van der Waals surface area contributed by atoms with E-state index in [9.17, 15) is 14.7 Å². The lowest BCUT2D eigenvalue weighted by atomic mass is 10.1. The minimum atomic E-state index is -1.14. The second-order valence-electron chi connectivity index (χ2n) is 8.97. The first-order valence-corrected chi connectivity index (χ1v) is 11.4. The fourth-order valence-electron chi connectivity index (χ4n) is 3.57. The number of anilines is 1. The van der Waals surface area contributed by atoms with Gasteiger partial charge in [-0.05, 0) is 51.1 Å². The number of nitrogens with zero attached hydrogens (tertiary/aromatic N) is 2. The molecule has 0 bridgehead atoms. The lowest BCUT2D eigenvalue weighted by Crippen LogP contribution is -2.49. The predicted octanol–water partition coefficient (Wildman–Crippen LogP) is 3.46. The molecule has 1 aliphatic heterocycles. The van der Waals surface area contributed by atoms with Crippen LogP contribution in [-0.2, 0) is 4.79 Å². The standard InChI is InChI=1S/C28H27N3O5/c1-18-14-21(36-20-8-6-5-7-9-20)16-22(29-18)26(32)30-23-17-35-25-11-10-19(12-13-28(2,3)34)15-24(25)31(4)27(23)33/h5-11,14-16,23,34H,17H2,1-4H3,(H,30,32). The third-order valence-electron chi connectivity index (χ3n) is 5.31. The molecular formula is C28H27N3O5. The van der Waals surface area contributed by atoms with E-state index in [0.717, 1.165) is 0 Å². The molecule has 4 rings (SSSR count). The SMILES string of the molecule is Cc1cc(Oc2ccccc2)cc(C(=O)NC2COc3ccc(C#CC(C)(C)O)cc3N(C)C2=O)n1. The van der Waals surface area contributed by atoms with E-state index in [2.05, 4.69) is 22.1 Å². The number of rotatable bonds is 4. The monoisotopic (exact) mass is 485 g/mol. The van der Waals surface area contributed by atoms with E-state index in [1.54, 1.807) is 52.1 Å². The van der Waals surface area contributed by atoms with E-state index in [0.29, 0.717) is 34.2 Å². The molecule has 1 unspecified atom stereocenters. The highest BCUT2D eigenvalue weighted by Gasteiger charge is 2.31. The Balaban J connectivity index is 1.51. The van der Waals surface area contributed by atoms with E-state index in [4.69, 9.17) is 9.47 Å². The molecule has 0 radical (unpaired) electrons. The van der Waals surface area contributed by atoms with Crippen LogP contribution in [0.2, 0.25) is 0 Å². The maximum Gasteiger partial charge on any atom is 0.270 e. The molecule has 0 saturated heterocycles. The van der Waals surface area contributed by atoms with Gasteiger partial charge in [0.25, 0.3) is 11.8 Å². The molecule has 2 amide bonds. The van der Waals surface area contributed by atoms with Gasteiger partial charge in [0.15, 0.2) is 0 Å². The van der Waals surface area contributed by atoms with E-state index in [1.807, 2.05) is 30.3 Å². The molecule has 2 heterocycles. The van der Waals surface area contributed by atoms with Crippen molar-refractivity contribution in [3.05, 3.63) is 77.6 Å². The van der Waals surface area contributed by atoms with Gasteiger partial charge in [-0.2, -0.15) is 0 Å². The van der Waals surface area contributed by atoms with E-state index in [1.165, 1.54) is 11.0 Å². The number of hydrogen-bond acceptors (Lipinski definition) is 6. The topological polar surface area (TPSA) is 101 Å². The van der Waals surface area contributed by atoms with Crippen LogP contribution >= 0.6 is 0 Å². The molecule has 2 N–H and O–H groups in total. The lowest BCUT2D eigenvalue weighted by Gasteiger charge is -2.20. The fourth-order valence-corrected chi connectivity index (χ4v) is 3.57. The minimum absolute atomic E-state index is 0.0458. The second kappa shape index (κ2) is 10.1. The van der Waals surface area contributed by atoms with Crippen LogP contribution in [0, 0.1) is 18.8 Å². The van der Waals surface area contributed by atoms with Crippen LogP contribution in [0.4, 0.5) is 5.69 Å². The number of carbonyl (C=O) groups excluding carboxylic acids is 2. The van der Waals surface area contributed by atoms with Gasteiger partial charge in [0.1, 0.15) is 41.2 Å². The summed E-state index contributed by atoms with van der Waals surface area (Å²) in [4.78, 5) is 32.0. The average molecular weight is 486 g/mol. The Kier molecular flexibility index (Phi) is 6.95. The van der Waals surface area contributed by atoms with Crippen molar-refractivity contribution in [3.63, 3.8) is 0 Å². The summed E-state index contributed by atoms with van der Waals surface area (Å²) in [5.41, 5.74) is 0.725. The second-order valence-corrected chi connectivity index (χ2v) is 8.97. The van der Waals surface area contributed by atoms with Gasteiger partial charge in [-0.1, -0.05) is 30.0 Å². The first kappa shape index (κ1) is 24.8. The largest absolute Gasteiger partial charge is 0.489 e. The molecule has 8 nitrogen and oxygen atoms in total. The number of nitrogens with one attached hydrogen (secondary N) is 1. The van der Waals surface area contributed by atoms with Crippen molar-refractivity contribution in [2.24, 2.45) is 0 Å². The van der Waals surface area contributed by atoms with Crippen molar-refractivity contribution in [3.8, 4) is 29.1 Å². The summed E-state index contributed by atoms with van der Waals surface area (Å²) >= 11 is 0. The van der Waals surface area contributed by atoms with Crippen LogP contribution in [0.3, 0.4) is 0 Å². The van der Waals surface area contributed by atoms with Crippen LogP contribution in [0.1, 0.15) is 35.6 Å². The third-order valence-corrected chi connectivity index (χ3v) is 5.31. The maximum atomic E-state index is 13.2. The average Bonchev–Trinajstić information content (AvgIpc) is 2.94. The summed E-state index contributed by atoms with van der Waals surface area (Å²) < 4.78 is 11.7. The number of aliphatic hydroxyl groups is 1. The highest BCUT2D eigenvalue weighted by atomic mass is 16.5. The maximum absolute atomic E-state index is 13.2. The predicted molar refractivity (Wildman–Crippen MR) is 135 cm³/mol. The van der Waals surface area contributed by atoms with Crippen LogP contribution in [-0.4, -0.2) is 47.2 Å². The summed E-state index contributed by atoms with van der Waals surface area (Å²) in [5.74, 6) is 6.37. The summed E-state index contributed by atoms with van der Waals surface area (Å²) in [6.45, 7) is 4.90. The Morgan fingerprint density at radius 2 is 1.92 bits per heavy atom.